The SMILES string of the molecule is CC.CC.CC.CC.CC.CC.CC.CC.CC.CC.CC(C)C1CCC1.CC(C)C1CCC1.CC(C)C1CCCC1.CC(C)C1CCCC1.CC(C)C1CCCN1.CC(C)C1CCCO1.CC(C)C1CCNC1.CC(C)C1CCOC1.CC(C)C1CNOC1.CC(C)C1COCN1. The molecule has 98 heavy (non-hydrogen) atoms. The van der Waals surface area contributed by atoms with Gasteiger partial charge in [-0.3, -0.25) is 5.32 Å². The number of rotatable bonds is 10. The van der Waals surface area contributed by atoms with E-state index in [4.69, 9.17) is 19.0 Å². The standard InChI is InChI=1S/2C8H16.2C7H15N.2C7H14O.2C7H14.2C6H13NO.10C2H6/c2*1-7(2)8-5-3-4-6-8;1-6(2)7-3-4-8-5-7;1-6(2)7-4-3-5-8-7;1-6(2)7-3-4-8-5-7;1-6(2)7-4-3-5-8-7;2*1-6(2)7-4-3-5-7;1-5(2)6-3-8-4-7-6;1-5(2)6-3-7-8-4-6;10*1-2/h2*7-8H,3-6H2,1-2H3;2*6-8H,3-5H2,1-2H3;2*6-7H,3-5H2,1-2H3;2*6-7H,3-5H2,1-2H3;2*5-7H,3-4H2,1-2H3;10*1-2H3. The van der Waals surface area contributed by atoms with Crippen molar-refractivity contribution in [3.63, 3.8) is 0 Å². The van der Waals surface area contributed by atoms with Crippen LogP contribution in [0.2, 0.25) is 0 Å². The summed E-state index contributed by atoms with van der Waals surface area (Å²) in [6.07, 6.45) is 29.4. The highest BCUT2D eigenvalue weighted by molar-refractivity contribution is 4.78. The van der Waals surface area contributed by atoms with Crippen LogP contribution in [0.15, 0.2) is 0 Å². The van der Waals surface area contributed by atoms with Crippen molar-refractivity contribution in [1.82, 2.24) is 21.4 Å². The summed E-state index contributed by atoms with van der Waals surface area (Å²) in [6.45, 7) is 95.9. The first kappa shape index (κ1) is 119. The van der Waals surface area contributed by atoms with E-state index in [-0.39, 0.29) is 0 Å². The average molecular weight is 1410 g/mol. The number of hydroxylamine groups is 1. The van der Waals surface area contributed by atoms with Crippen molar-refractivity contribution < 1.29 is 19.0 Å². The van der Waals surface area contributed by atoms with Crippen LogP contribution in [-0.4, -0.2) is 84.1 Å². The topological polar surface area (TPSA) is 85.0 Å². The van der Waals surface area contributed by atoms with Gasteiger partial charge in [-0.1, -0.05) is 367 Å². The molecule has 8 heteroatoms. The van der Waals surface area contributed by atoms with Crippen molar-refractivity contribution in [1.29, 1.82) is 0 Å². The molecule has 6 unspecified atom stereocenters. The summed E-state index contributed by atoms with van der Waals surface area (Å²) in [4.78, 5) is 4.97. The lowest BCUT2D eigenvalue weighted by molar-refractivity contribution is 0.0758. The number of hydrogen-bond acceptors (Lipinski definition) is 8. The molecule has 8 nitrogen and oxygen atoms in total. The highest BCUT2D eigenvalue weighted by Gasteiger charge is 2.24. The van der Waals surface area contributed by atoms with Crippen molar-refractivity contribution in [2.45, 2.75) is 424 Å². The van der Waals surface area contributed by atoms with Crippen LogP contribution in [-0.2, 0) is 19.0 Å². The zero-order valence-corrected chi connectivity index (χ0v) is 76.4. The van der Waals surface area contributed by atoms with E-state index in [0.29, 0.717) is 18.1 Å². The Morgan fingerprint density at radius 1 is 0.255 bits per heavy atom. The third kappa shape index (κ3) is 74.0. The molecule has 0 aromatic heterocycles. The second kappa shape index (κ2) is 92.8. The third-order valence-electron chi connectivity index (χ3n) is 19.7. The van der Waals surface area contributed by atoms with Gasteiger partial charge in [-0.25, -0.2) is 5.48 Å². The quantitative estimate of drug-likeness (QED) is 0.172. The molecule has 6 aliphatic heterocycles. The molecule has 608 valence electrons. The van der Waals surface area contributed by atoms with E-state index in [9.17, 15) is 0 Å². The molecule has 4 aliphatic carbocycles. The highest BCUT2D eigenvalue weighted by atomic mass is 16.7. The average Bonchev–Trinajstić information content (AvgIpc) is 1.89. The van der Waals surface area contributed by atoms with Gasteiger partial charge in [-0.05, 0) is 153 Å². The molecule has 0 aromatic rings. The maximum atomic E-state index is 5.41. The van der Waals surface area contributed by atoms with Gasteiger partial charge in [-0.2, -0.15) is 0 Å². The summed E-state index contributed by atoms with van der Waals surface area (Å²) in [5.41, 5.74) is 2.85. The first-order valence-corrected chi connectivity index (χ1v) is 44.3. The molecular formula is C90H204N4O4. The normalized spacial score (nSPS) is 22.1. The van der Waals surface area contributed by atoms with Gasteiger partial charge in [0.1, 0.15) is 0 Å². The van der Waals surface area contributed by atoms with Crippen molar-refractivity contribution in [2.75, 3.05) is 65.9 Å². The molecule has 6 heterocycles. The Morgan fingerprint density at radius 3 is 0.776 bits per heavy atom. The Kier molecular flexibility index (Phi) is 112. The van der Waals surface area contributed by atoms with Crippen molar-refractivity contribution in [2.24, 2.45) is 101 Å². The minimum absolute atomic E-state index is 0.565. The fourth-order valence-electron chi connectivity index (χ4n) is 11.9. The Bertz CT molecular complexity index is 1010. The fraction of sp³-hybridized carbons (Fsp3) is 1.00. The van der Waals surface area contributed by atoms with Crippen LogP contribution in [0.25, 0.3) is 0 Å². The lowest BCUT2D eigenvalue weighted by Crippen LogP contribution is -2.28. The first-order valence-electron chi connectivity index (χ1n) is 44.3. The van der Waals surface area contributed by atoms with E-state index >= 15 is 0 Å². The van der Waals surface area contributed by atoms with Gasteiger partial charge in [0.2, 0.25) is 0 Å². The summed E-state index contributed by atoms with van der Waals surface area (Å²) in [6, 6.07) is 1.41. The Morgan fingerprint density at radius 2 is 0.633 bits per heavy atom. The molecule has 0 spiro atoms. The predicted octanol–water partition coefficient (Wildman–Crippen LogP) is 28.3. The van der Waals surface area contributed by atoms with Crippen LogP contribution in [0.3, 0.4) is 0 Å². The highest BCUT2D eigenvalue weighted by Crippen LogP contribution is 2.34. The van der Waals surface area contributed by atoms with Crippen molar-refractivity contribution in [3.05, 3.63) is 0 Å². The molecule has 10 rings (SSSR count). The maximum Gasteiger partial charge on any atom is 0.0969 e. The van der Waals surface area contributed by atoms with E-state index < -0.39 is 0 Å². The van der Waals surface area contributed by atoms with Gasteiger partial charge in [0.25, 0.3) is 0 Å². The lowest BCUT2D eigenvalue weighted by atomic mass is 9.78. The van der Waals surface area contributed by atoms with Gasteiger partial charge in [0.15, 0.2) is 0 Å². The molecule has 0 amide bonds. The second-order valence-corrected chi connectivity index (χ2v) is 29.3. The van der Waals surface area contributed by atoms with Crippen LogP contribution in [0.4, 0.5) is 0 Å². The Hall–Kier alpha value is -0.320. The lowest BCUT2D eigenvalue weighted by Gasteiger charge is -2.28. The van der Waals surface area contributed by atoms with E-state index in [1.807, 2.05) is 138 Å². The Labute approximate surface area is 627 Å². The van der Waals surface area contributed by atoms with Gasteiger partial charge >= 0.3 is 0 Å². The van der Waals surface area contributed by atoms with Crippen LogP contribution >= 0.6 is 0 Å². The monoisotopic (exact) mass is 1410 g/mol. The van der Waals surface area contributed by atoms with Crippen molar-refractivity contribution in [3.8, 4) is 0 Å². The number of hydrogen-bond donors (Lipinski definition) is 4. The molecule has 10 fully saturated rings. The summed E-state index contributed by atoms with van der Waals surface area (Å²) < 4.78 is 15.7. The molecule has 4 N–H and O–H groups in total. The summed E-state index contributed by atoms with van der Waals surface area (Å²) in [5.74, 6) is 15.3. The second-order valence-electron chi connectivity index (χ2n) is 29.3. The Balaban J connectivity index is -0.000000107. The van der Waals surface area contributed by atoms with Crippen molar-refractivity contribution >= 4 is 0 Å². The zero-order chi connectivity index (χ0) is 78.4. The molecule has 10 aliphatic rings. The molecule has 4 saturated carbocycles. The van der Waals surface area contributed by atoms with Gasteiger partial charge in [0.05, 0.1) is 26.0 Å². The fourth-order valence-corrected chi connectivity index (χ4v) is 11.9. The molecular weight excluding hydrogens is 1200 g/mol. The van der Waals surface area contributed by atoms with E-state index in [1.54, 1.807) is 0 Å². The smallest absolute Gasteiger partial charge is 0.0969 e. The molecule has 6 atom stereocenters. The minimum Gasteiger partial charge on any atom is -0.381 e. The largest absolute Gasteiger partial charge is 0.381 e. The molecule has 6 saturated heterocycles. The van der Waals surface area contributed by atoms with E-state index in [0.717, 1.165) is 147 Å². The minimum atomic E-state index is 0.565. The van der Waals surface area contributed by atoms with Gasteiger partial charge < -0.3 is 29.7 Å². The van der Waals surface area contributed by atoms with Crippen LogP contribution in [0, 0.1) is 101 Å². The molecule has 0 bridgehead atoms. The van der Waals surface area contributed by atoms with Crippen LogP contribution < -0.4 is 21.4 Å². The van der Waals surface area contributed by atoms with Crippen LogP contribution in [0.1, 0.15) is 405 Å². The van der Waals surface area contributed by atoms with E-state index in [1.165, 1.54) is 148 Å². The molecule has 0 radical (unpaired) electrons. The zero-order valence-electron chi connectivity index (χ0n) is 76.4. The third-order valence-corrected chi connectivity index (χ3v) is 19.7. The number of nitrogens with one attached hydrogen (secondary N) is 4. The van der Waals surface area contributed by atoms with E-state index in [2.05, 4.69) is 160 Å². The number of ether oxygens (including phenoxy) is 3. The maximum absolute atomic E-state index is 5.41. The van der Waals surface area contributed by atoms with Gasteiger partial charge in [-0.15, -0.1) is 0 Å². The summed E-state index contributed by atoms with van der Waals surface area (Å²) in [5, 5.41) is 10.0. The predicted molar refractivity (Wildman–Crippen MR) is 456 cm³/mol. The first-order chi connectivity index (χ1) is 47.0. The summed E-state index contributed by atoms with van der Waals surface area (Å²) >= 11 is 0. The summed E-state index contributed by atoms with van der Waals surface area (Å²) in [7, 11) is 0. The molecule has 0 aromatic carbocycles. The van der Waals surface area contributed by atoms with Crippen LogP contribution in [0.5, 0.6) is 0 Å². The van der Waals surface area contributed by atoms with Gasteiger partial charge in [0, 0.05) is 44.4 Å².